The van der Waals surface area contributed by atoms with E-state index < -0.39 is 6.04 Å². The first-order valence-corrected chi connectivity index (χ1v) is 10.1. The quantitative estimate of drug-likeness (QED) is 0.560. The summed E-state index contributed by atoms with van der Waals surface area (Å²) in [6.45, 7) is 4.21. The minimum absolute atomic E-state index is 0.0608. The van der Waals surface area contributed by atoms with E-state index in [-0.39, 0.29) is 18.2 Å². The van der Waals surface area contributed by atoms with Crippen molar-refractivity contribution in [3.8, 4) is 5.75 Å². The van der Waals surface area contributed by atoms with Crippen LogP contribution in [0.4, 0.5) is 0 Å². The molecule has 2 aromatic rings. The molecule has 1 saturated heterocycles. The standard InChI is InChI=1S/C11H13ClN2O3.C6H6.C5H11N/c1-7(14-6-15)11(17)13-5-8-4-9(12)2-3-10(8)16;2*1-2-4-6-5-3-1/h2-4,6-7,16H,5H2,1H3,(H,13,17)(H,14,15);1-6H;6H,1-5H2. The topological polar surface area (TPSA) is 90.5 Å². The minimum atomic E-state index is -0.617. The summed E-state index contributed by atoms with van der Waals surface area (Å²) in [5.41, 5.74) is 0.518. The van der Waals surface area contributed by atoms with E-state index in [0.717, 1.165) is 0 Å². The summed E-state index contributed by atoms with van der Waals surface area (Å²) in [5, 5.41) is 18.2. The molecule has 29 heavy (non-hydrogen) atoms. The predicted octanol–water partition coefficient (Wildman–Crippen LogP) is 3.24. The molecular weight excluding hydrogens is 390 g/mol. The zero-order chi connectivity index (χ0) is 21.3. The van der Waals surface area contributed by atoms with Gasteiger partial charge in [0.1, 0.15) is 11.8 Å². The molecule has 1 aliphatic heterocycles. The van der Waals surface area contributed by atoms with Crippen LogP contribution in [0.5, 0.6) is 5.75 Å². The molecule has 3 rings (SSSR count). The smallest absolute Gasteiger partial charge is 0.242 e. The Morgan fingerprint density at radius 1 is 1.14 bits per heavy atom. The lowest BCUT2D eigenvalue weighted by Crippen LogP contribution is -2.41. The fraction of sp³-hybridized carbons (Fsp3) is 0.364. The fourth-order valence-corrected chi connectivity index (χ4v) is 2.59. The number of benzene rings is 2. The summed E-state index contributed by atoms with van der Waals surface area (Å²) in [4.78, 5) is 21.6. The highest BCUT2D eigenvalue weighted by Gasteiger charge is 2.11. The van der Waals surface area contributed by atoms with Gasteiger partial charge in [0.05, 0.1) is 0 Å². The molecule has 2 aromatic carbocycles. The van der Waals surface area contributed by atoms with Gasteiger partial charge >= 0.3 is 0 Å². The predicted molar refractivity (Wildman–Crippen MR) is 117 cm³/mol. The number of hydrogen-bond donors (Lipinski definition) is 4. The molecule has 1 atom stereocenters. The third-order valence-electron chi connectivity index (χ3n) is 4.08. The van der Waals surface area contributed by atoms with E-state index >= 15 is 0 Å². The van der Waals surface area contributed by atoms with Crippen molar-refractivity contribution in [1.82, 2.24) is 16.0 Å². The number of halogens is 1. The highest BCUT2D eigenvalue weighted by Crippen LogP contribution is 2.21. The molecule has 0 bridgehead atoms. The maximum absolute atomic E-state index is 11.5. The first kappa shape index (κ1) is 24.5. The number of amides is 2. The second kappa shape index (κ2) is 15.4. The van der Waals surface area contributed by atoms with Crippen molar-refractivity contribution in [2.75, 3.05) is 13.1 Å². The van der Waals surface area contributed by atoms with E-state index in [1.807, 2.05) is 36.4 Å². The molecular formula is C22H30ClN3O3. The third kappa shape index (κ3) is 11.8. The minimum Gasteiger partial charge on any atom is -0.508 e. The Morgan fingerprint density at radius 2 is 1.72 bits per heavy atom. The molecule has 4 N–H and O–H groups in total. The highest BCUT2D eigenvalue weighted by atomic mass is 35.5. The number of carbonyl (C=O) groups is 2. The molecule has 1 fully saturated rings. The van der Waals surface area contributed by atoms with Gasteiger partial charge in [-0.15, -0.1) is 0 Å². The maximum Gasteiger partial charge on any atom is 0.242 e. The van der Waals surface area contributed by atoms with Gasteiger partial charge in [-0.05, 0) is 51.1 Å². The number of phenols is 1. The summed E-state index contributed by atoms with van der Waals surface area (Å²) in [7, 11) is 0. The van der Waals surface area contributed by atoms with Gasteiger partial charge in [-0.1, -0.05) is 54.4 Å². The molecule has 2 amide bonds. The van der Waals surface area contributed by atoms with Crippen molar-refractivity contribution >= 4 is 23.9 Å². The summed E-state index contributed by atoms with van der Waals surface area (Å²) < 4.78 is 0. The first-order valence-electron chi connectivity index (χ1n) is 9.70. The van der Waals surface area contributed by atoms with Crippen LogP contribution < -0.4 is 16.0 Å². The summed E-state index contributed by atoms with van der Waals surface area (Å²) in [5.74, 6) is -0.276. The molecule has 1 aliphatic rings. The van der Waals surface area contributed by atoms with E-state index in [9.17, 15) is 14.7 Å². The Balaban J connectivity index is 0.000000281. The monoisotopic (exact) mass is 419 g/mol. The molecule has 0 aliphatic carbocycles. The van der Waals surface area contributed by atoms with Gasteiger partial charge in [-0.2, -0.15) is 0 Å². The number of aromatic hydroxyl groups is 1. The van der Waals surface area contributed by atoms with Crippen LogP contribution in [0.15, 0.2) is 54.6 Å². The SMILES string of the molecule is C1CCNCC1.CC(NC=O)C(=O)NCc1cc(Cl)ccc1O.c1ccccc1. The van der Waals surface area contributed by atoms with Crippen LogP contribution in [0.25, 0.3) is 0 Å². The zero-order valence-corrected chi connectivity index (χ0v) is 17.5. The Morgan fingerprint density at radius 3 is 2.17 bits per heavy atom. The average molecular weight is 420 g/mol. The number of rotatable bonds is 5. The lowest BCUT2D eigenvalue weighted by atomic mass is 10.2. The molecule has 1 unspecified atom stereocenters. The van der Waals surface area contributed by atoms with Crippen LogP contribution in [0, 0.1) is 0 Å². The Bertz CT molecular complexity index is 671. The summed E-state index contributed by atoms with van der Waals surface area (Å²) in [6.07, 6.45) is 4.67. The summed E-state index contributed by atoms with van der Waals surface area (Å²) in [6, 6.07) is 16.0. The molecule has 7 heteroatoms. The largest absolute Gasteiger partial charge is 0.508 e. The average Bonchev–Trinajstić information content (AvgIpc) is 2.77. The van der Waals surface area contributed by atoms with Crippen LogP contribution >= 0.6 is 11.6 Å². The van der Waals surface area contributed by atoms with E-state index in [2.05, 4.69) is 16.0 Å². The Labute approximate surface area is 177 Å². The van der Waals surface area contributed by atoms with Crippen LogP contribution in [0.1, 0.15) is 31.7 Å². The van der Waals surface area contributed by atoms with Gasteiger partial charge in [0, 0.05) is 17.1 Å². The number of hydrogen-bond acceptors (Lipinski definition) is 4. The lowest BCUT2D eigenvalue weighted by Gasteiger charge is -2.11. The van der Waals surface area contributed by atoms with Gasteiger partial charge in [0.2, 0.25) is 12.3 Å². The number of phenolic OH excluding ortho intramolecular Hbond substituents is 1. The van der Waals surface area contributed by atoms with Gasteiger partial charge in [-0.25, -0.2) is 0 Å². The van der Waals surface area contributed by atoms with Crippen molar-refractivity contribution in [3.63, 3.8) is 0 Å². The maximum atomic E-state index is 11.5. The van der Waals surface area contributed by atoms with Crippen molar-refractivity contribution in [2.45, 2.75) is 38.8 Å². The van der Waals surface area contributed by atoms with Crippen molar-refractivity contribution in [1.29, 1.82) is 0 Å². The van der Waals surface area contributed by atoms with E-state index in [0.29, 0.717) is 17.0 Å². The molecule has 1 heterocycles. The number of carbonyl (C=O) groups excluding carboxylic acids is 2. The Kier molecular flexibility index (Phi) is 13.0. The molecule has 0 saturated carbocycles. The fourth-order valence-electron chi connectivity index (χ4n) is 2.40. The van der Waals surface area contributed by atoms with Crippen molar-refractivity contribution in [3.05, 3.63) is 65.2 Å². The van der Waals surface area contributed by atoms with E-state index in [1.54, 1.807) is 19.1 Å². The molecule has 158 valence electrons. The lowest BCUT2D eigenvalue weighted by molar-refractivity contribution is -0.125. The van der Waals surface area contributed by atoms with Gasteiger partial charge in [0.15, 0.2) is 0 Å². The van der Waals surface area contributed by atoms with Crippen molar-refractivity contribution < 1.29 is 14.7 Å². The van der Waals surface area contributed by atoms with Crippen LogP contribution in [-0.2, 0) is 16.1 Å². The van der Waals surface area contributed by atoms with E-state index in [1.165, 1.54) is 38.4 Å². The van der Waals surface area contributed by atoms with Crippen LogP contribution in [0.2, 0.25) is 5.02 Å². The van der Waals surface area contributed by atoms with Gasteiger partial charge in [-0.3, -0.25) is 9.59 Å². The molecule has 6 nitrogen and oxygen atoms in total. The van der Waals surface area contributed by atoms with Gasteiger partial charge in [0.25, 0.3) is 0 Å². The Hall–Kier alpha value is -2.57. The second-order valence-corrected chi connectivity index (χ2v) is 6.90. The number of nitrogens with one attached hydrogen (secondary N) is 3. The highest BCUT2D eigenvalue weighted by molar-refractivity contribution is 6.30. The number of piperidine rings is 1. The molecule has 0 spiro atoms. The van der Waals surface area contributed by atoms with Crippen LogP contribution in [0.3, 0.4) is 0 Å². The normalized spacial score (nSPS) is 13.4. The first-order chi connectivity index (χ1) is 14.0. The summed E-state index contributed by atoms with van der Waals surface area (Å²) >= 11 is 5.76. The zero-order valence-electron chi connectivity index (χ0n) is 16.7. The molecule has 0 radical (unpaired) electrons. The van der Waals surface area contributed by atoms with Crippen molar-refractivity contribution in [2.24, 2.45) is 0 Å². The van der Waals surface area contributed by atoms with Crippen LogP contribution in [-0.4, -0.2) is 36.6 Å². The van der Waals surface area contributed by atoms with E-state index in [4.69, 9.17) is 11.6 Å². The third-order valence-corrected chi connectivity index (χ3v) is 4.31. The van der Waals surface area contributed by atoms with Gasteiger partial charge < -0.3 is 21.1 Å². The second-order valence-electron chi connectivity index (χ2n) is 6.46. The molecule has 0 aromatic heterocycles.